The first-order valence-corrected chi connectivity index (χ1v) is 14.9. The van der Waals surface area contributed by atoms with Crippen molar-refractivity contribution < 1.29 is 23.6 Å². The van der Waals surface area contributed by atoms with Crippen LogP contribution in [0.1, 0.15) is 36.0 Å². The van der Waals surface area contributed by atoms with Crippen molar-refractivity contribution in [1.29, 1.82) is 0 Å². The number of piperidine rings is 1. The highest BCUT2D eigenvalue weighted by Gasteiger charge is 2.46. The fourth-order valence-corrected chi connectivity index (χ4v) is 7.04. The Kier molecular flexibility index (Phi) is 7.91. The Balaban J connectivity index is 1.30. The first-order valence-electron chi connectivity index (χ1n) is 14.5. The van der Waals surface area contributed by atoms with Crippen LogP contribution < -0.4 is 16.0 Å². The summed E-state index contributed by atoms with van der Waals surface area (Å²) in [6.07, 6.45) is 3.70. The average molecular weight is 597 g/mol. The van der Waals surface area contributed by atoms with Crippen molar-refractivity contribution in [2.45, 2.75) is 43.8 Å². The lowest BCUT2D eigenvalue weighted by Crippen LogP contribution is -2.63. The van der Waals surface area contributed by atoms with Gasteiger partial charge in [-0.05, 0) is 81.2 Å². The molecule has 6 rings (SSSR count). The van der Waals surface area contributed by atoms with E-state index < -0.39 is 36.1 Å². The zero-order valence-electron chi connectivity index (χ0n) is 23.2. The highest BCUT2D eigenvalue weighted by atomic mass is 35.5. The first-order chi connectivity index (χ1) is 20.2. The standard InChI is InChI=1S/C30H34ClFN6O4/c31-19-4-5-21(23(32)15-19)18-3-6-24-22(14-18)28(40)37-13-12-35(16-26(37)30(42)38(24)17-27(33)39)29(41)25-2-1-11-36(25)20-7-9-34-10-8-20/h3-6,14-15,20,25-26,34H,1-2,7-13,16-17H2,(H2,33,39)/t25-,26+/m0/s1. The van der Waals surface area contributed by atoms with E-state index in [2.05, 4.69) is 10.2 Å². The van der Waals surface area contributed by atoms with Gasteiger partial charge in [-0.3, -0.25) is 24.1 Å². The largest absolute Gasteiger partial charge is 0.368 e. The molecule has 0 bridgehead atoms. The number of amides is 4. The van der Waals surface area contributed by atoms with E-state index in [1.807, 2.05) is 0 Å². The van der Waals surface area contributed by atoms with Gasteiger partial charge in [0.15, 0.2) is 0 Å². The molecule has 42 heavy (non-hydrogen) atoms. The number of hydrogen-bond donors (Lipinski definition) is 2. The molecule has 2 aromatic carbocycles. The molecule has 4 heterocycles. The minimum absolute atomic E-state index is 0.0188. The number of carbonyl (C=O) groups excluding carboxylic acids is 4. The van der Waals surface area contributed by atoms with E-state index in [1.54, 1.807) is 17.0 Å². The minimum atomic E-state index is -0.980. The number of fused-ring (bicyclic) bond motifs is 2. The maximum absolute atomic E-state index is 14.8. The van der Waals surface area contributed by atoms with Crippen LogP contribution in [0, 0.1) is 5.82 Å². The summed E-state index contributed by atoms with van der Waals surface area (Å²) in [7, 11) is 0. The Bertz CT molecular complexity index is 1430. The van der Waals surface area contributed by atoms with Gasteiger partial charge in [-0.15, -0.1) is 0 Å². The Morgan fingerprint density at radius 1 is 1.00 bits per heavy atom. The van der Waals surface area contributed by atoms with E-state index in [-0.39, 0.29) is 46.9 Å². The van der Waals surface area contributed by atoms with Gasteiger partial charge in [0.2, 0.25) is 11.8 Å². The molecule has 2 atom stereocenters. The Morgan fingerprint density at radius 2 is 1.79 bits per heavy atom. The second-order valence-electron chi connectivity index (χ2n) is 11.4. The van der Waals surface area contributed by atoms with Gasteiger partial charge in [-0.25, -0.2) is 4.39 Å². The van der Waals surface area contributed by atoms with Crippen LogP contribution in [-0.4, -0.2) is 102 Å². The molecule has 2 aromatic rings. The van der Waals surface area contributed by atoms with Crippen LogP contribution in [0.4, 0.5) is 10.1 Å². The lowest BCUT2D eigenvalue weighted by Gasteiger charge is -2.43. The van der Waals surface area contributed by atoms with Crippen LogP contribution in [0.3, 0.4) is 0 Å². The number of nitrogens with one attached hydrogen (secondary N) is 1. The lowest BCUT2D eigenvalue weighted by atomic mass is 10.00. The van der Waals surface area contributed by atoms with E-state index >= 15 is 0 Å². The second kappa shape index (κ2) is 11.6. The van der Waals surface area contributed by atoms with Gasteiger partial charge in [0.05, 0.1) is 23.8 Å². The van der Waals surface area contributed by atoms with Gasteiger partial charge in [0.1, 0.15) is 18.4 Å². The van der Waals surface area contributed by atoms with Crippen molar-refractivity contribution in [2.24, 2.45) is 5.73 Å². The molecule has 4 amide bonds. The number of nitrogens with zero attached hydrogens (tertiary/aromatic N) is 4. The molecule has 12 heteroatoms. The summed E-state index contributed by atoms with van der Waals surface area (Å²) >= 11 is 5.93. The zero-order chi connectivity index (χ0) is 29.5. The molecule has 222 valence electrons. The lowest BCUT2D eigenvalue weighted by molar-refractivity contribution is -0.141. The third kappa shape index (κ3) is 5.25. The van der Waals surface area contributed by atoms with Crippen LogP contribution in [0.15, 0.2) is 36.4 Å². The Hall–Kier alpha value is -3.54. The summed E-state index contributed by atoms with van der Waals surface area (Å²) in [6, 6.07) is 8.05. The van der Waals surface area contributed by atoms with Crippen LogP contribution in [0.5, 0.6) is 0 Å². The summed E-state index contributed by atoms with van der Waals surface area (Å²) in [5, 5.41) is 3.62. The molecule has 0 aliphatic carbocycles. The molecule has 4 aliphatic rings. The summed E-state index contributed by atoms with van der Waals surface area (Å²) in [5.41, 5.74) is 6.58. The minimum Gasteiger partial charge on any atom is -0.368 e. The monoisotopic (exact) mass is 596 g/mol. The molecular formula is C30H34ClFN6O4. The van der Waals surface area contributed by atoms with Gasteiger partial charge in [0, 0.05) is 29.7 Å². The summed E-state index contributed by atoms with van der Waals surface area (Å²) in [6.45, 7) is 2.79. The third-order valence-electron chi connectivity index (χ3n) is 8.93. The Labute approximate surface area is 248 Å². The third-order valence-corrected chi connectivity index (χ3v) is 9.17. The summed E-state index contributed by atoms with van der Waals surface area (Å²) in [4.78, 5) is 60.6. The predicted molar refractivity (Wildman–Crippen MR) is 155 cm³/mol. The predicted octanol–water partition coefficient (Wildman–Crippen LogP) is 1.85. The number of piperazine rings is 1. The molecule has 4 aliphatic heterocycles. The number of benzene rings is 2. The molecule has 0 saturated carbocycles. The van der Waals surface area contributed by atoms with Gasteiger partial charge in [-0.2, -0.15) is 0 Å². The Morgan fingerprint density at radius 3 is 2.52 bits per heavy atom. The summed E-state index contributed by atoms with van der Waals surface area (Å²) in [5.74, 6) is -2.21. The molecule has 0 spiro atoms. The highest BCUT2D eigenvalue weighted by Crippen LogP contribution is 2.35. The van der Waals surface area contributed by atoms with Crippen molar-refractivity contribution in [3.63, 3.8) is 0 Å². The van der Waals surface area contributed by atoms with Crippen LogP contribution in [0.2, 0.25) is 5.02 Å². The highest BCUT2D eigenvalue weighted by molar-refractivity contribution is 6.30. The van der Waals surface area contributed by atoms with Crippen LogP contribution in [-0.2, 0) is 14.4 Å². The van der Waals surface area contributed by atoms with E-state index in [4.69, 9.17) is 17.3 Å². The van der Waals surface area contributed by atoms with Gasteiger partial charge in [0.25, 0.3) is 11.8 Å². The van der Waals surface area contributed by atoms with E-state index in [0.717, 1.165) is 45.3 Å². The molecule has 3 N–H and O–H groups in total. The fourth-order valence-electron chi connectivity index (χ4n) is 6.88. The fraction of sp³-hybridized carbons (Fsp3) is 0.467. The average Bonchev–Trinajstić information content (AvgIpc) is 3.46. The number of hydrogen-bond acceptors (Lipinski definition) is 6. The molecule has 3 fully saturated rings. The molecular weight excluding hydrogens is 563 g/mol. The first kappa shape index (κ1) is 28.6. The van der Waals surface area contributed by atoms with Crippen molar-refractivity contribution >= 4 is 40.9 Å². The van der Waals surface area contributed by atoms with Gasteiger partial charge < -0.3 is 25.8 Å². The van der Waals surface area contributed by atoms with E-state index in [9.17, 15) is 23.6 Å². The number of anilines is 1. The topological polar surface area (TPSA) is 119 Å². The molecule has 0 radical (unpaired) electrons. The zero-order valence-corrected chi connectivity index (χ0v) is 24.0. The molecule has 3 saturated heterocycles. The van der Waals surface area contributed by atoms with Gasteiger partial charge in [-0.1, -0.05) is 17.7 Å². The molecule has 0 unspecified atom stereocenters. The second-order valence-corrected chi connectivity index (χ2v) is 11.9. The number of likely N-dealkylation sites (tertiary alicyclic amines) is 1. The van der Waals surface area contributed by atoms with Crippen molar-refractivity contribution in [1.82, 2.24) is 20.0 Å². The number of halogens is 2. The maximum Gasteiger partial charge on any atom is 0.256 e. The molecule has 10 nitrogen and oxygen atoms in total. The number of nitrogens with two attached hydrogens (primary N) is 1. The number of primary amides is 1. The van der Waals surface area contributed by atoms with Gasteiger partial charge >= 0.3 is 0 Å². The smallest absolute Gasteiger partial charge is 0.256 e. The normalized spacial score (nSPS) is 23.5. The van der Waals surface area contributed by atoms with Crippen molar-refractivity contribution in [2.75, 3.05) is 50.7 Å². The SMILES string of the molecule is NC(=O)CN1C(=O)[C@H]2CN(C(=O)[C@@H]3CCCN3C3CCNCC3)CCN2C(=O)c2cc(-c3ccc(Cl)cc3F)ccc21. The number of carbonyl (C=O) groups is 4. The van der Waals surface area contributed by atoms with Crippen LogP contribution in [0.25, 0.3) is 11.1 Å². The van der Waals surface area contributed by atoms with Crippen LogP contribution >= 0.6 is 11.6 Å². The number of rotatable bonds is 5. The van der Waals surface area contributed by atoms with E-state index in [0.29, 0.717) is 18.2 Å². The van der Waals surface area contributed by atoms with Crippen molar-refractivity contribution in [3.8, 4) is 11.1 Å². The summed E-state index contributed by atoms with van der Waals surface area (Å²) < 4.78 is 14.8. The van der Waals surface area contributed by atoms with E-state index in [1.165, 1.54) is 34.1 Å². The quantitative estimate of drug-likeness (QED) is 0.544. The van der Waals surface area contributed by atoms with Crippen molar-refractivity contribution in [3.05, 3.63) is 52.8 Å². The maximum atomic E-state index is 14.8. The molecule has 0 aromatic heterocycles.